The van der Waals surface area contributed by atoms with Gasteiger partial charge in [-0.3, -0.25) is 9.52 Å². The number of carbonyl (C=O) groups excluding carboxylic acids is 1. The van der Waals surface area contributed by atoms with E-state index in [1.165, 1.54) is 7.11 Å². The van der Waals surface area contributed by atoms with Crippen LogP contribution < -0.4 is 9.62 Å². The maximum atomic E-state index is 12.6. The molecule has 1 aliphatic heterocycles. The summed E-state index contributed by atoms with van der Waals surface area (Å²) in [4.78, 5) is 13.8. The zero-order valence-electron chi connectivity index (χ0n) is 14.0. The summed E-state index contributed by atoms with van der Waals surface area (Å²) in [7, 11) is -1.89. The lowest BCUT2D eigenvalue weighted by molar-refractivity contribution is -0.122. The van der Waals surface area contributed by atoms with Crippen LogP contribution in [-0.4, -0.2) is 39.8 Å². The minimum atomic E-state index is -3.38. The number of rotatable bonds is 5. The number of fused-ring (bicyclic) bond motifs is 1. The summed E-state index contributed by atoms with van der Waals surface area (Å²) in [6.07, 6.45) is 5.27. The lowest BCUT2D eigenvalue weighted by Gasteiger charge is -2.23. The molecular weight excluding hydrogens is 328 g/mol. The second kappa shape index (κ2) is 7.11. The van der Waals surface area contributed by atoms with E-state index in [9.17, 15) is 13.2 Å². The van der Waals surface area contributed by atoms with Gasteiger partial charge in [-0.25, -0.2) is 8.42 Å². The first-order chi connectivity index (χ1) is 11.5. The van der Waals surface area contributed by atoms with Gasteiger partial charge in [0.2, 0.25) is 10.0 Å². The number of nitrogens with one attached hydrogen (secondary N) is 1. The number of anilines is 2. The number of amides is 1. The van der Waals surface area contributed by atoms with Crippen LogP contribution in [0.2, 0.25) is 0 Å². The Labute approximate surface area is 143 Å². The molecule has 1 aromatic carbocycles. The van der Waals surface area contributed by atoms with Crippen LogP contribution in [0.4, 0.5) is 11.4 Å². The molecule has 0 aromatic heterocycles. The average Bonchev–Trinajstić information content (AvgIpc) is 2.99. The van der Waals surface area contributed by atoms with Gasteiger partial charge in [0.15, 0.2) is 0 Å². The van der Waals surface area contributed by atoms with E-state index in [0.29, 0.717) is 12.2 Å². The van der Waals surface area contributed by atoms with Crippen molar-refractivity contribution in [2.45, 2.75) is 43.8 Å². The van der Waals surface area contributed by atoms with E-state index in [0.717, 1.165) is 49.8 Å². The number of benzene rings is 1. The number of ether oxygens (including phenoxy) is 1. The Morgan fingerprint density at radius 1 is 1.29 bits per heavy atom. The highest BCUT2D eigenvalue weighted by Gasteiger charge is 2.29. The normalized spacial score (nSPS) is 18.5. The van der Waals surface area contributed by atoms with Crippen molar-refractivity contribution < 1.29 is 17.9 Å². The molecule has 6 nitrogen and oxygen atoms in total. The van der Waals surface area contributed by atoms with Gasteiger partial charge in [-0.15, -0.1) is 0 Å². The van der Waals surface area contributed by atoms with Gasteiger partial charge in [0, 0.05) is 19.3 Å². The quantitative estimate of drug-likeness (QED) is 0.882. The van der Waals surface area contributed by atoms with Gasteiger partial charge in [0.1, 0.15) is 6.61 Å². The lowest BCUT2D eigenvalue weighted by atomic mass is 10.0. The molecule has 132 valence electrons. The first-order valence-electron chi connectivity index (χ1n) is 8.45. The van der Waals surface area contributed by atoms with Gasteiger partial charge in [0.25, 0.3) is 5.91 Å². The molecule has 1 heterocycles. The van der Waals surface area contributed by atoms with Crippen molar-refractivity contribution in [2.24, 2.45) is 0 Å². The van der Waals surface area contributed by atoms with Crippen LogP contribution >= 0.6 is 0 Å². The maximum absolute atomic E-state index is 12.6. The van der Waals surface area contributed by atoms with Crippen molar-refractivity contribution in [1.29, 1.82) is 0 Å². The molecule has 1 aromatic rings. The van der Waals surface area contributed by atoms with E-state index in [1.54, 1.807) is 17.0 Å². The fraction of sp³-hybridized carbons (Fsp3) is 0.588. The summed E-state index contributed by atoms with van der Waals surface area (Å²) in [5.41, 5.74) is 2.36. The predicted octanol–water partition coefficient (Wildman–Crippen LogP) is 2.30. The van der Waals surface area contributed by atoms with E-state index in [2.05, 4.69) is 4.72 Å². The molecule has 0 radical (unpaired) electrons. The molecule has 0 spiro atoms. The van der Waals surface area contributed by atoms with Crippen LogP contribution in [0.25, 0.3) is 0 Å². The van der Waals surface area contributed by atoms with Gasteiger partial charge < -0.3 is 9.64 Å². The van der Waals surface area contributed by atoms with E-state index >= 15 is 0 Å². The molecule has 1 saturated carbocycles. The summed E-state index contributed by atoms with van der Waals surface area (Å²) >= 11 is 0. The smallest absolute Gasteiger partial charge is 0.252 e. The first-order valence-corrected chi connectivity index (χ1v) is 10.00. The summed E-state index contributed by atoms with van der Waals surface area (Å²) in [5.74, 6) is -0.108. The molecule has 0 bridgehead atoms. The largest absolute Gasteiger partial charge is 0.375 e. The molecule has 0 atom stereocenters. The van der Waals surface area contributed by atoms with Gasteiger partial charge in [-0.2, -0.15) is 0 Å². The zero-order valence-corrected chi connectivity index (χ0v) is 14.8. The van der Waals surface area contributed by atoms with Crippen LogP contribution in [-0.2, 0) is 26.0 Å². The number of hydrogen-bond acceptors (Lipinski definition) is 4. The van der Waals surface area contributed by atoms with E-state index in [4.69, 9.17) is 4.74 Å². The molecule has 1 amide bonds. The third-order valence-electron chi connectivity index (χ3n) is 4.80. The Bertz CT molecular complexity index is 711. The summed E-state index contributed by atoms with van der Waals surface area (Å²) in [5, 5.41) is -0.314. The number of sulfonamides is 1. The Hall–Kier alpha value is -1.60. The molecule has 1 fully saturated rings. The minimum Gasteiger partial charge on any atom is -0.375 e. The summed E-state index contributed by atoms with van der Waals surface area (Å²) < 4.78 is 32.8. The third kappa shape index (κ3) is 3.57. The van der Waals surface area contributed by atoms with Gasteiger partial charge in [-0.05, 0) is 37.0 Å². The van der Waals surface area contributed by atoms with Crippen molar-refractivity contribution in [3.05, 3.63) is 23.8 Å². The Morgan fingerprint density at radius 3 is 2.75 bits per heavy atom. The Balaban J connectivity index is 1.78. The van der Waals surface area contributed by atoms with Crippen LogP contribution in [0.15, 0.2) is 18.2 Å². The molecule has 7 heteroatoms. The van der Waals surface area contributed by atoms with E-state index < -0.39 is 10.0 Å². The Kier molecular flexibility index (Phi) is 5.10. The van der Waals surface area contributed by atoms with Crippen molar-refractivity contribution >= 4 is 27.3 Å². The second-order valence-electron chi connectivity index (χ2n) is 6.48. The minimum absolute atomic E-state index is 0.0253. The highest BCUT2D eigenvalue weighted by atomic mass is 32.2. The van der Waals surface area contributed by atoms with Crippen LogP contribution in [0.3, 0.4) is 0 Å². The molecule has 24 heavy (non-hydrogen) atoms. The molecule has 1 aliphatic carbocycles. The fourth-order valence-electron chi connectivity index (χ4n) is 3.53. The highest BCUT2D eigenvalue weighted by Crippen LogP contribution is 2.32. The number of hydrogen-bond donors (Lipinski definition) is 1. The number of methoxy groups -OCH3 is 1. The van der Waals surface area contributed by atoms with Gasteiger partial charge in [-0.1, -0.05) is 25.3 Å². The van der Waals surface area contributed by atoms with Gasteiger partial charge >= 0.3 is 0 Å². The first kappa shape index (κ1) is 17.2. The topological polar surface area (TPSA) is 75.7 Å². The van der Waals surface area contributed by atoms with Gasteiger partial charge in [0.05, 0.1) is 10.9 Å². The maximum Gasteiger partial charge on any atom is 0.252 e. The van der Waals surface area contributed by atoms with Crippen molar-refractivity contribution in [3.8, 4) is 0 Å². The van der Waals surface area contributed by atoms with Crippen LogP contribution in [0.5, 0.6) is 0 Å². The molecule has 0 saturated heterocycles. The average molecular weight is 352 g/mol. The molecular formula is C17H24N2O4S. The molecule has 3 rings (SSSR count). The standard InChI is InChI=1S/C17H24N2O4S/c1-23-12-17(20)19-10-9-13-7-8-14(11-16(13)19)18-24(21,22)15-5-3-2-4-6-15/h7-8,11,15,18H,2-6,9-10,12H2,1H3. The zero-order chi connectivity index (χ0) is 17.2. The third-order valence-corrected chi connectivity index (χ3v) is 6.67. The monoisotopic (exact) mass is 352 g/mol. The number of carbonyl (C=O) groups is 1. The van der Waals surface area contributed by atoms with Crippen molar-refractivity contribution in [1.82, 2.24) is 0 Å². The highest BCUT2D eigenvalue weighted by molar-refractivity contribution is 7.93. The van der Waals surface area contributed by atoms with E-state index in [1.807, 2.05) is 6.07 Å². The summed E-state index contributed by atoms with van der Waals surface area (Å²) in [6.45, 7) is 0.633. The van der Waals surface area contributed by atoms with Crippen molar-refractivity contribution in [3.63, 3.8) is 0 Å². The molecule has 0 unspecified atom stereocenters. The van der Waals surface area contributed by atoms with Crippen LogP contribution in [0.1, 0.15) is 37.7 Å². The van der Waals surface area contributed by atoms with Crippen molar-refractivity contribution in [2.75, 3.05) is 29.9 Å². The lowest BCUT2D eigenvalue weighted by Crippen LogP contribution is -2.32. The Morgan fingerprint density at radius 2 is 2.04 bits per heavy atom. The number of nitrogens with zero attached hydrogens (tertiary/aromatic N) is 1. The SMILES string of the molecule is COCC(=O)N1CCc2ccc(NS(=O)(=O)C3CCCCC3)cc21. The van der Waals surface area contributed by atoms with E-state index in [-0.39, 0.29) is 17.8 Å². The van der Waals surface area contributed by atoms with Crippen LogP contribution in [0, 0.1) is 0 Å². The predicted molar refractivity (Wildman–Crippen MR) is 93.8 cm³/mol. The fourth-order valence-corrected chi connectivity index (χ4v) is 5.10. The molecule has 1 N–H and O–H groups in total. The second-order valence-corrected chi connectivity index (χ2v) is 8.44. The molecule has 2 aliphatic rings. The summed E-state index contributed by atoms with van der Waals surface area (Å²) in [6, 6.07) is 5.44.